The second kappa shape index (κ2) is 15.2. The van der Waals surface area contributed by atoms with E-state index in [1.165, 1.54) is 39.8 Å². The Morgan fingerprint density at radius 1 is 0.962 bits per heavy atom. The quantitative estimate of drug-likeness (QED) is 0.107. The standard InChI is InChI=1S/C46H52N4O.Pt/c1-10-11-17-33-22-23-47-42(24-33)49-40-19-13-12-18-38(40)39-21-20-36(28-41(39)49)51-37-26-34(46(7,8)9)25-35(27-37)50-45(29(2)3)44(32(6)48-50)43-30(4)15-14-16-31(43)5;/h12-13,15,18-26,29,31,43H,10-11,14,16-17H2,1-9H3;/q-2;+2/t31-,43?;/m0./s1. The van der Waals surface area contributed by atoms with Gasteiger partial charge in [-0.1, -0.05) is 90.3 Å². The summed E-state index contributed by atoms with van der Waals surface area (Å²) in [5.74, 6) is 3.42. The molecule has 7 rings (SSSR count). The van der Waals surface area contributed by atoms with E-state index in [1.54, 1.807) is 0 Å². The zero-order valence-electron chi connectivity index (χ0n) is 32.2. The maximum absolute atomic E-state index is 6.74. The third-order valence-corrected chi connectivity index (χ3v) is 10.7. The van der Waals surface area contributed by atoms with Gasteiger partial charge in [0.15, 0.2) is 0 Å². The molecule has 1 aliphatic rings. The molecule has 2 atom stereocenters. The summed E-state index contributed by atoms with van der Waals surface area (Å²) in [7, 11) is 0. The second-order valence-corrected chi connectivity index (χ2v) is 16.0. The van der Waals surface area contributed by atoms with Crippen LogP contribution in [0.5, 0.6) is 11.5 Å². The van der Waals surface area contributed by atoms with Crippen LogP contribution in [0.15, 0.2) is 78.5 Å². The zero-order valence-corrected chi connectivity index (χ0v) is 34.5. The van der Waals surface area contributed by atoms with E-state index in [2.05, 4.69) is 144 Å². The first kappa shape index (κ1) is 37.8. The summed E-state index contributed by atoms with van der Waals surface area (Å²) in [6.45, 7) is 20.4. The van der Waals surface area contributed by atoms with Gasteiger partial charge in [-0.25, -0.2) is 4.98 Å². The minimum absolute atomic E-state index is 0. The second-order valence-electron chi connectivity index (χ2n) is 16.0. The van der Waals surface area contributed by atoms with E-state index in [4.69, 9.17) is 14.8 Å². The first-order valence-corrected chi connectivity index (χ1v) is 18.9. The van der Waals surface area contributed by atoms with Gasteiger partial charge < -0.3 is 9.30 Å². The Morgan fingerprint density at radius 3 is 2.48 bits per heavy atom. The molecular weight excluding hydrogens is 820 g/mol. The smallest absolute Gasteiger partial charge is 0.509 e. The van der Waals surface area contributed by atoms with E-state index < -0.39 is 0 Å². The van der Waals surface area contributed by atoms with Crippen molar-refractivity contribution in [2.75, 3.05) is 0 Å². The number of benzene rings is 3. The Bertz CT molecular complexity index is 2250. The number of hydrogen-bond acceptors (Lipinski definition) is 3. The van der Waals surface area contributed by atoms with Crippen molar-refractivity contribution in [1.82, 2.24) is 19.3 Å². The molecular formula is C46H52N4OPt. The number of para-hydroxylation sites is 1. The van der Waals surface area contributed by atoms with Crippen molar-refractivity contribution in [2.45, 2.75) is 112 Å². The average molecular weight is 872 g/mol. The topological polar surface area (TPSA) is 44.9 Å². The maximum atomic E-state index is 6.74. The van der Waals surface area contributed by atoms with Gasteiger partial charge in [0.05, 0.1) is 5.69 Å². The Balaban J connectivity index is 0.00000464. The fourth-order valence-corrected chi connectivity index (χ4v) is 8.05. The molecule has 52 heavy (non-hydrogen) atoms. The molecule has 0 fully saturated rings. The third-order valence-electron chi connectivity index (χ3n) is 10.7. The molecule has 1 unspecified atom stereocenters. The fourth-order valence-electron chi connectivity index (χ4n) is 8.05. The van der Waals surface area contributed by atoms with E-state index >= 15 is 0 Å². The number of unbranched alkanes of at least 4 members (excludes halogenated alkanes) is 1. The molecule has 6 heteroatoms. The monoisotopic (exact) mass is 871 g/mol. The number of allylic oxidation sites excluding steroid dienone is 2. The molecule has 0 amide bonds. The number of pyridine rings is 1. The van der Waals surface area contributed by atoms with Gasteiger partial charge in [0.25, 0.3) is 0 Å². The van der Waals surface area contributed by atoms with Gasteiger partial charge in [-0.3, -0.25) is 4.68 Å². The van der Waals surface area contributed by atoms with Crippen molar-refractivity contribution >= 4 is 21.8 Å². The Labute approximate surface area is 324 Å². The van der Waals surface area contributed by atoms with Crippen molar-refractivity contribution in [3.8, 4) is 23.0 Å². The fraction of sp³-hybridized carbons (Fsp3) is 0.391. The van der Waals surface area contributed by atoms with Crippen molar-refractivity contribution in [2.24, 2.45) is 5.92 Å². The predicted octanol–water partition coefficient (Wildman–Crippen LogP) is 12.3. The number of aryl methyl sites for hydroxylation is 2. The molecule has 5 nitrogen and oxygen atoms in total. The van der Waals surface area contributed by atoms with Gasteiger partial charge in [-0.2, -0.15) is 11.2 Å². The van der Waals surface area contributed by atoms with Crippen LogP contribution in [0.4, 0.5) is 0 Å². The van der Waals surface area contributed by atoms with Crippen LogP contribution in [0.3, 0.4) is 0 Å². The molecule has 0 saturated heterocycles. The predicted molar refractivity (Wildman–Crippen MR) is 211 cm³/mol. The van der Waals surface area contributed by atoms with Crippen LogP contribution >= 0.6 is 0 Å². The SMILES string of the molecule is CCCCc1ccnc(-n2c3[c-]c(Oc4[c-]c(-n5nc(C)c(C6C(C)=CCC[C@@H]6C)c5C(C)C)cc(C(C)(C)C)c4)ccc3c3ccccc32)c1.[Pt+2]. The number of nitrogens with zero attached hydrogens (tertiary/aromatic N) is 4. The Hall–Kier alpha value is -3.95. The zero-order chi connectivity index (χ0) is 36.0. The van der Waals surface area contributed by atoms with Crippen LogP contribution in [0, 0.1) is 25.0 Å². The molecule has 1 aliphatic carbocycles. The summed E-state index contributed by atoms with van der Waals surface area (Å²) in [5, 5.41) is 7.53. The summed E-state index contributed by atoms with van der Waals surface area (Å²) in [4.78, 5) is 4.84. The summed E-state index contributed by atoms with van der Waals surface area (Å²) in [6, 6.07) is 28.7. The Kier molecular flexibility index (Phi) is 11.0. The van der Waals surface area contributed by atoms with E-state index in [9.17, 15) is 0 Å². The minimum Gasteiger partial charge on any atom is -0.509 e. The molecule has 0 aliphatic heterocycles. The number of fused-ring (bicyclic) bond motifs is 3. The largest absolute Gasteiger partial charge is 2.00 e. The number of ether oxygens (including phenoxy) is 1. The third kappa shape index (κ3) is 7.18. The van der Waals surface area contributed by atoms with Gasteiger partial charge in [-0.05, 0) is 91.6 Å². The summed E-state index contributed by atoms with van der Waals surface area (Å²) >= 11 is 0. The average Bonchev–Trinajstić information content (AvgIpc) is 3.61. The van der Waals surface area contributed by atoms with Gasteiger partial charge in [0.2, 0.25) is 0 Å². The molecule has 0 bridgehead atoms. The van der Waals surface area contributed by atoms with E-state index in [-0.39, 0.29) is 32.4 Å². The molecule has 0 saturated carbocycles. The summed E-state index contributed by atoms with van der Waals surface area (Å²) in [6.07, 6.45) is 10.1. The van der Waals surface area contributed by atoms with Crippen LogP contribution in [0.1, 0.15) is 121 Å². The van der Waals surface area contributed by atoms with Gasteiger partial charge in [-0.15, -0.1) is 41.3 Å². The molecule has 272 valence electrons. The van der Waals surface area contributed by atoms with E-state index in [0.717, 1.165) is 59.3 Å². The Morgan fingerprint density at radius 2 is 1.75 bits per heavy atom. The summed E-state index contributed by atoms with van der Waals surface area (Å²) < 4.78 is 11.1. The van der Waals surface area contributed by atoms with Crippen molar-refractivity contribution in [1.29, 1.82) is 0 Å². The minimum atomic E-state index is -0.114. The molecule has 0 radical (unpaired) electrons. The first-order chi connectivity index (χ1) is 24.4. The summed E-state index contributed by atoms with van der Waals surface area (Å²) in [5.41, 5.74) is 10.5. The number of rotatable bonds is 9. The molecule has 6 aromatic rings. The van der Waals surface area contributed by atoms with Crippen molar-refractivity contribution in [3.63, 3.8) is 0 Å². The number of aromatic nitrogens is 4. The van der Waals surface area contributed by atoms with Crippen LogP contribution < -0.4 is 4.74 Å². The van der Waals surface area contributed by atoms with Crippen molar-refractivity contribution in [3.05, 3.63) is 119 Å². The maximum Gasteiger partial charge on any atom is 2.00 e. The molecule has 0 N–H and O–H groups in total. The normalized spacial score (nSPS) is 16.4. The van der Waals surface area contributed by atoms with Crippen LogP contribution in [0.2, 0.25) is 0 Å². The van der Waals surface area contributed by atoms with E-state index in [1.807, 2.05) is 12.3 Å². The van der Waals surface area contributed by atoms with Crippen LogP contribution in [-0.2, 0) is 32.9 Å². The molecule has 3 heterocycles. The van der Waals surface area contributed by atoms with Crippen LogP contribution in [0.25, 0.3) is 33.3 Å². The van der Waals surface area contributed by atoms with Gasteiger partial charge >= 0.3 is 21.1 Å². The van der Waals surface area contributed by atoms with Gasteiger partial charge in [0, 0.05) is 40.4 Å². The van der Waals surface area contributed by atoms with Crippen LogP contribution in [-0.4, -0.2) is 19.3 Å². The molecule has 0 spiro atoms. The molecule has 3 aromatic carbocycles. The van der Waals surface area contributed by atoms with E-state index in [0.29, 0.717) is 23.3 Å². The van der Waals surface area contributed by atoms with Gasteiger partial charge in [0.1, 0.15) is 5.82 Å². The number of hydrogen-bond donors (Lipinski definition) is 0. The first-order valence-electron chi connectivity index (χ1n) is 18.9. The van der Waals surface area contributed by atoms with Crippen molar-refractivity contribution < 1.29 is 25.8 Å². The molecule has 3 aromatic heterocycles.